The Hall–Kier alpha value is -2.75. The lowest BCUT2D eigenvalue weighted by Crippen LogP contribution is -2.17. The van der Waals surface area contributed by atoms with Crippen LogP contribution < -0.4 is 10.1 Å². The van der Waals surface area contributed by atoms with Gasteiger partial charge in [-0.15, -0.1) is 13.2 Å². The van der Waals surface area contributed by atoms with Crippen LogP contribution in [0.15, 0.2) is 48.5 Å². The first-order chi connectivity index (χ1) is 12.5. The van der Waals surface area contributed by atoms with Crippen molar-refractivity contribution < 1.29 is 40.6 Å². The van der Waals surface area contributed by atoms with E-state index in [0.717, 1.165) is 12.1 Å². The number of alkyl halides is 6. The summed E-state index contributed by atoms with van der Waals surface area (Å²) in [5.74, 6) is -0.967. The molecule has 0 aliphatic heterocycles. The van der Waals surface area contributed by atoms with E-state index in [-0.39, 0.29) is 17.9 Å². The van der Waals surface area contributed by atoms with Gasteiger partial charge in [0.05, 0.1) is 6.61 Å². The number of hydrogen-bond donors (Lipinski definition) is 1. The largest absolute Gasteiger partial charge is 0.573 e. The van der Waals surface area contributed by atoms with Gasteiger partial charge in [0.25, 0.3) is 5.91 Å². The van der Waals surface area contributed by atoms with E-state index in [1.165, 1.54) is 36.4 Å². The van der Waals surface area contributed by atoms with Gasteiger partial charge >= 0.3 is 12.5 Å². The molecule has 0 aliphatic carbocycles. The molecular formula is C17H13F6NO3. The fourth-order valence-corrected chi connectivity index (χ4v) is 1.98. The molecule has 0 radical (unpaired) electrons. The maximum Gasteiger partial charge on any atom is 0.573 e. The zero-order valence-electron chi connectivity index (χ0n) is 13.5. The van der Waals surface area contributed by atoms with Crippen LogP contribution in [-0.4, -0.2) is 25.1 Å². The van der Waals surface area contributed by atoms with Gasteiger partial charge in [-0.2, -0.15) is 13.2 Å². The Morgan fingerprint density at radius 1 is 0.889 bits per heavy atom. The molecule has 0 atom stereocenters. The minimum Gasteiger partial charge on any atom is -0.406 e. The maximum atomic E-state index is 12.1. The molecule has 0 saturated carbocycles. The third-order valence-electron chi connectivity index (χ3n) is 3.10. The van der Waals surface area contributed by atoms with Crippen LogP contribution in [0.1, 0.15) is 15.9 Å². The van der Waals surface area contributed by atoms with Crippen molar-refractivity contribution in [3.8, 4) is 5.75 Å². The van der Waals surface area contributed by atoms with Crippen molar-refractivity contribution in [1.82, 2.24) is 0 Å². The standard InChI is InChI=1S/C17H13F6NO3/c18-16(19,20)10-26-9-11-1-3-12(4-2-11)15(25)24-13-5-7-14(8-6-13)27-17(21,22)23/h1-8H,9-10H2,(H,24,25). The topological polar surface area (TPSA) is 47.6 Å². The third kappa shape index (κ3) is 7.57. The molecule has 2 aromatic carbocycles. The lowest BCUT2D eigenvalue weighted by molar-refractivity contribution is -0.274. The van der Waals surface area contributed by atoms with Gasteiger partial charge in [0.15, 0.2) is 0 Å². The van der Waals surface area contributed by atoms with E-state index in [0.29, 0.717) is 5.56 Å². The predicted octanol–water partition coefficient (Wildman–Crippen LogP) is 4.92. The summed E-state index contributed by atoms with van der Waals surface area (Å²) in [6, 6.07) is 10.2. The molecule has 2 aromatic rings. The molecule has 0 saturated heterocycles. The highest BCUT2D eigenvalue weighted by atomic mass is 19.4. The lowest BCUT2D eigenvalue weighted by Gasteiger charge is -2.10. The van der Waals surface area contributed by atoms with Gasteiger partial charge in [0.1, 0.15) is 12.4 Å². The molecule has 0 fully saturated rings. The minimum absolute atomic E-state index is 0.213. The summed E-state index contributed by atoms with van der Waals surface area (Å²) < 4.78 is 80.5. The number of halogens is 6. The molecule has 27 heavy (non-hydrogen) atoms. The Bertz CT molecular complexity index is 754. The molecule has 146 valence electrons. The number of benzene rings is 2. The van der Waals surface area contributed by atoms with Gasteiger partial charge in [-0.3, -0.25) is 4.79 Å². The minimum atomic E-state index is -4.81. The van der Waals surface area contributed by atoms with Gasteiger partial charge in [-0.1, -0.05) is 12.1 Å². The highest BCUT2D eigenvalue weighted by Gasteiger charge is 2.31. The average molecular weight is 393 g/mol. The summed E-state index contributed by atoms with van der Waals surface area (Å²) in [4.78, 5) is 12.1. The molecule has 0 unspecified atom stereocenters. The van der Waals surface area contributed by atoms with Crippen molar-refractivity contribution in [2.24, 2.45) is 0 Å². The number of nitrogens with one attached hydrogen (secondary N) is 1. The van der Waals surface area contributed by atoms with Crippen molar-refractivity contribution in [2.45, 2.75) is 19.1 Å². The van der Waals surface area contributed by atoms with E-state index in [9.17, 15) is 31.1 Å². The fourth-order valence-electron chi connectivity index (χ4n) is 1.98. The molecular weight excluding hydrogens is 380 g/mol. The first-order valence-electron chi connectivity index (χ1n) is 7.42. The van der Waals surface area contributed by atoms with Gasteiger partial charge in [-0.05, 0) is 42.0 Å². The normalized spacial score (nSPS) is 11.9. The Morgan fingerprint density at radius 2 is 1.48 bits per heavy atom. The zero-order chi connectivity index (χ0) is 20.1. The summed E-state index contributed by atoms with van der Waals surface area (Å²) in [6.45, 7) is -1.63. The molecule has 0 spiro atoms. The highest BCUT2D eigenvalue weighted by molar-refractivity contribution is 6.04. The molecule has 10 heteroatoms. The molecule has 1 amide bonds. The van der Waals surface area contributed by atoms with E-state index in [1.807, 2.05) is 0 Å². The molecule has 4 nitrogen and oxygen atoms in total. The smallest absolute Gasteiger partial charge is 0.406 e. The molecule has 0 aliphatic rings. The van der Waals surface area contributed by atoms with Crippen molar-refractivity contribution in [3.05, 3.63) is 59.7 Å². The average Bonchev–Trinajstić information content (AvgIpc) is 2.55. The van der Waals surface area contributed by atoms with Gasteiger partial charge in [-0.25, -0.2) is 0 Å². The van der Waals surface area contributed by atoms with E-state index in [4.69, 9.17) is 0 Å². The number of anilines is 1. The van der Waals surface area contributed by atoms with Crippen molar-refractivity contribution >= 4 is 11.6 Å². The first kappa shape index (κ1) is 20.6. The van der Waals surface area contributed by atoms with Crippen LogP contribution >= 0.6 is 0 Å². The fraction of sp³-hybridized carbons (Fsp3) is 0.235. The Balaban J connectivity index is 1.90. The monoisotopic (exact) mass is 393 g/mol. The van der Waals surface area contributed by atoms with Crippen molar-refractivity contribution in [1.29, 1.82) is 0 Å². The number of carbonyl (C=O) groups is 1. The quantitative estimate of drug-likeness (QED) is 0.709. The summed E-state index contributed by atoms with van der Waals surface area (Å²) >= 11 is 0. The van der Waals surface area contributed by atoms with E-state index < -0.39 is 30.8 Å². The first-order valence-corrected chi connectivity index (χ1v) is 7.42. The molecule has 1 N–H and O–H groups in total. The SMILES string of the molecule is O=C(Nc1ccc(OC(F)(F)F)cc1)c1ccc(COCC(F)(F)F)cc1. The van der Waals surface area contributed by atoms with Crippen LogP contribution in [0.3, 0.4) is 0 Å². The summed E-state index contributed by atoms with van der Waals surface area (Å²) in [5, 5.41) is 2.48. The second-order valence-corrected chi connectivity index (χ2v) is 5.33. The van der Waals surface area contributed by atoms with Gasteiger partial charge < -0.3 is 14.8 Å². The highest BCUT2D eigenvalue weighted by Crippen LogP contribution is 2.24. The second-order valence-electron chi connectivity index (χ2n) is 5.33. The molecule has 0 bridgehead atoms. The number of ether oxygens (including phenoxy) is 2. The summed E-state index contributed by atoms with van der Waals surface area (Å²) in [5.41, 5.74) is 0.904. The van der Waals surface area contributed by atoms with Crippen LogP contribution in [-0.2, 0) is 11.3 Å². The summed E-state index contributed by atoms with van der Waals surface area (Å²) in [7, 11) is 0. The Kier molecular flexibility index (Phi) is 6.32. The van der Waals surface area contributed by atoms with E-state index in [2.05, 4.69) is 14.8 Å². The Labute approximate surface area is 149 Å². The van der Waals surface area contributed by atoms with Crippen molar-refractivity contribution in [3.63, 3.8) is 0 Å². The number of hydrogen-bond acceptors (Lipinski definition) is 3. The van der Waals surface area contributed by atoms with E-state index >= 15 is 0 Å². The Morgan fingerprint density at radius 3 is 2.00 bits per heavy atom. The molecule has 0 heterocycles. The third-order valence-corrected chi connectivity index (χ3v) is 3.10. The van der Waals surface area contributed by atoms with Gasteiger partial charge in [0, 0.05) is 11.3 Å². The number of amides is 1. The molecule has 2 rings (SSSR count). The van der Waals surface area contributed by atoms with Gasteiger partial charge in [0.2, 0.25) is 0 Å². The summed E-state index contributed by atoms with van der Waals surface area (Å²) in [6.07, 6.45) is -9.23. The van der Waals surface area contributed by atoms with Crippen LogP contribution in [0.25, 0.3) is 0 Å². The van der Waals surface area contributed by atoms with Crippen LogP contribution in [0.4, 0.5) is 32.0 Å². The maximum absolute atomic E-state index is 12.1. The van der Waals surface area contributed by atoms with Crippen molar-refractivity contribution in [2.75, 3.05) is 11.9 Å². The van der Waals surface area contributed by atoms with Crippen LogP contribution in [0.5, 0.6) is 5.75 Å². The number of carbonyl (C=O) groups excluding carboxylic acids is 1. The second kappa shape index (κ2) is 8.30. The number of rotatable bonds is 6. The van der Waals surface area contributed by atoms with E-state index in [1.54, 1.807) is 0 Å². The van der Waals surface area contributed by atoms with Crippen LogP contribution in [0, 0.1) is 0 Å². The lowest BCUT2D eigenvalue weighted by atomic mass is 10.1. The molecule has 0 aromatic heterocycles. The predicted molar refractivity (Wildman–Crippen MR) is 83.2 cm³/mol. The van der Waals surface area contributed by atoms with Crippen LogP contribution in [0.2, 0.25) is 0 Å². The zero-order valence-corrected chi connectivity index (χ0v) is 13.5.